The molecule has 2 aliphatic rings. The largest absolute Gasteiger partial charge is 0.341 e. The number of benzene rings is 1. The van der Waals surface area contributed by atoms with Gasteiger partial charge in [-0.05, 0) is 68.7 Å². The summed E-state index contributed by atoms with van der Waals surface area (Å²) in [5.41, 5.74) is 4.02. The molecule has 1 aromatic carbocycles. The van der Waals surface area contributed by atoms with E-state index in [1.165, 1.54) is 16.7 Å². The fourth-order valence-electron chi connectivity index (χ4n) is 3.75. The molecule has 1 N–H and O–H groups in total. The number of likely N-dealkylation sites (tertiary alicyclic amines) is 1. The molecule has 0 aromatic heterocycles. The van der Waals surface area contributed by atoms with Gasteiger partial charge in [-0.15, -0.1) is 0 Å². The molecule has 2 heterocycles. The average Bonchev–Trinajstić information content (AvgIpc) is 3.09. The monoisotopic (exact) mass is 312 g/mol. The van der Waals surface area contributed by atoms with E-state index < -0.39 is 0 Å². The quantitative estimate of drug-likeness (QED) is 0.929. The lowest BCUT2D eigenvalue weighted by molar-refractivity contribution is -0.134. The summed E-state index contributed by atoms with van der Waals surface area (Å²) in [6.07, 6.45) is 8.94. The summed E-state index contributed by atoms with van der Waals surface area (Å²) in [7, 11) is 0. The molecule has 1 aromatic rings. The maximum absolute atomic E-state index is 12.4. The number of aryl methyl sites for hydroxylation is 2. The highest BCUT2D eigenvalue weighted by atomic mass is 16.2. The van der Waals surface area contributed by atoms with Gasteiger partial charge in [0.1, 0.15) is 0 Å². The van der Waals surface area contributed by atoms with Crippen molar-refractivity contribution in [1.29, 1.82) is 0 Å². The van der Waals surface area contributed by atoms with Gasteiger partial charge in [-0.25, -0.2) is 0 Å². The minimum atomic E-state index is 0.0803. The number of allylic oxidation sites excluding steroid dienone is 1. The molecule has 1 amide bonds. The first-order valence-corrected chi connectivity index (χ1v) is 8.92. The molecule has 0 unspecified atom stereocenters. The van der Waals surface area contributed by atoms with Crippen molar-refractivity contribution in [1.82, 2.24) is 10.2 Å². The Labute approximate surface area is 139 Å². The second-order valence-electron chi connectivity index (χ2n) is 6.98. The van der Waals surface area contributed by atoms with Crippen molar-refractivity contribution in [2.75, 3.05) is 19.6 Å². The van der Waals surface area contributed by atoms with Gasteiger partial charge >= 0.3 is 0 Å². The number of carbonyl (C=O) groups excluding carboxylic acids is 1. The molecular formula is C20H28N2O. The van der Waals surface area contributed by atoms with Crippen LogP contribution in [0, 0.1) is 19.8 Å². The fourth-order valence-corrected chi connectivity index (χ4v) is 3.75. The summed E-state index contributed by atoms with van der Waals surface area (Å²) >= 11 is 0. The first-order valence-electron chi connectivity index (χ1n) is 8.92. The minimum Gasteiger partial charge on any atom is -0.341 e. The van der Waals surface area contributed by atoms with E-state index in [9.17, 15) is 4.79 Å². The van der Waals surface area contributed by atoms with Gasteiger partial charge in [0.15, 0.2) is 0 Å². The number of amides is 1. The maximum atomic E-state index is 12.4. The zero-order valence-corrected chi connectivity index (χ0v) is 14.3. The van der Waals surface area contributed by atoms with Gasteiger partial charge in [0.25, 0.3) is 0 Å². The van der Waals surface area contributed by atoms with Crippen molar-refractivity contribution in [2.45, 2.75) is 45.6 Å². The van der Waals surface area contributed by atoms with Gasteiger partial charge in [0.2, 0.25) is 5.91 Å². The van der Waals surface area contributed by atoms with Crippen LogP contribution in [0.15, 0.2) is 24.3 Å². The van der Waals surface area contributed by atoms with Crippen LogP contribution in [0.4, 0.5) is 0 Å². The number of hydrogen-bond donors (Lipinski definition) is 1. The predicted octanol–water partition coefficient (Wildman–Crippen LogP) is 3.31. The number of hydrogen-bond acceptors (Lipinski definition) is 2. The maximum Gasteiger partial charge on any atom is 0.239 e. The van der Waals surface area contributed by atoms with Crippen LogP contribution in [-0.2, 0) is 4.79 Å². The highest BCUT2D eigenvalue weighted by Crippen LogP contribution is 2.23. The highest BCUT2D eigenvalue weighted by molar-refractivity contribution is 5.82. The predicted molar refractivity (Wildman–Crippen MR) is 95.3 cm³/mol. The molecular weight excluding hydrogens is 284 g/mol. The second kappa shape index (κ2) is 7.31. The summed E-state index contributed by atoms with van der Waals surface area (Å²) in [5, 5.41) is 3.32. The topological polar surface area (TPSA) is 32.3 Å². The molecule has 3 nitrogen and oxygen atoms in total. The van der Waals surface area contributed by atoms with Crippen LogP contribution in [0.5, 0.6) is 0 Å². The summed E-state index contributed by atoms with van der Waals surface area (Å²) < 4.78 is 0. The summed E-state index contributed by atoms with van der Waals surface area (Å²) in [6, 6.07) is 6.53. The molecule has 0 radical (unpaired) electrons. The van der Waals surface area contributed by atoms with Crippen molar-refractivity contribution in [2.24, 2.45) is 5.92 Å². The smallest absolute Gasteiger partial charge is 0.239 e. The molecule has 2 saturated heterocycles. The molecule has 2 fully saturated rings. The zero-order chi connectivity index (χ0) is 16.2. The van der Waals surface area contributed by atoms with Crippen LogP contribution in [0.3, 0.4) is 0 Å². The van der Waals surface area contributed by atoms with Gasteiger partial charge < -0.3 is 10.2 Å². The molecule has 124 valence electrons. The average molecular weight is 312 g/mol. The third-order valence-corrected chi connectivity index (χ3v) is 5.29. The molecule has 1 atom stereocenters. The van der Waals surface area contributed by atoms with Gasteiger partial charge in [0, 0.05) is 13.1 Å². The first kappa shape index (κ1) is 16.3. The minimum absolute atomic E-state index is 0.0803. The van der Waals surface area contributed by atoms with E-state index in [1.54, 1.807) is 0 Å². The van der Waals surface area contributed by atoms with E-state index in [-0.39, 0.29) is 6.04 Å². The Bertz CT molecular complexity index is 559. The standard InChI is InChI=1S/C20H28N2O/c1-15-5-3-6-16(2)18(15)9-8-17-10-13-22(14-11-17)20(23)19-7-4-12-21-19/h3,5-6,8-9,17,19,21H,4,7,10-14H2,1-2H3/b9-8+/t19-/m1/s1. The van der Waals surface area contributed by atoms with Crippen molar-refractivity contribution in [3.63, 3.8) is 0 Å². The van der Waals surface area contributed by atoms with Crippen LogP contribution in [0.2, 0.25) is 0 Å². The normalized spacial score (nSPS) is 22.9. The molecule has 3 rings (SSSR count). The Balaban J connectivity index is 1.55. The molecule has 0 spiro atoms. The van der Waals surface area contributed by atoms with Crippen molar-refractivity contribution in [3.05, 3.63) is 41.0 Å². The SMILES string of the molecule is Cc1cccc(C)c1/C=C/C1CCN(C(=O)[C@H]2CCCN2)CC1. The first-order chi connectivity index (χ1) is 11.1. The summed E-state index contributed by atoms with van der Waals surface area (Å²) in [6.45, 7) is 7.13. The van der Waals surface area contributed by atoms with E-state index in [1.807, 2.05) is 0 Å². The lowest BCUT2D eigenvalue weighted by Crippen LogP contribution is -2.46. The van der Waals surface area contributed by atoms with Crippen LogP contribution in [0.1, 0.15) is 42.4 Å². The zero-order valence-electron chi connectivity index (χ0n) is 14.3. The molecule has 2 aliphatic heterocycles. The number of rotatable bonds is 3. The van der Waals surface area contributed by atoms with Crippen LogP contribution in [-0.4, -0.2) is 36.5 Å². The molecule has 0 bridgehead atoms. The summed E-state index contributed by atoms with van der Waals surface area (Å²) in [5.74, 6) is 0.911. The Morgan fingerprint density at radius 3 is 2.48 bits per heavy atom. The molecule has 0 aliphatic carbocycles. The third-order valence-electron chi connectivity index (χ3n) is 5.29. The lowest BCUT2D eigenvalue weighted by atomic mass is 9.93. The van der Waals surface area contributed by atoms with Gasteiger partial charge in [-0.1, -0.05) is 30.4 Å². The molecule has 3 heteroatoms. The Kier molecular flexibility index (Phi) is 5.16. The van der Waals surface area contributed by atoms with Crippen molar-refractivity contribution in [3.8, 4) is 0 Å². The van der Waals surface area contributed by atoms with Crippen LogP contribution >= 0.6 is 0 Å². The van der Waals surface area contributed by atoms with Crippen molar-refractivity contribution < 1.29 is 4.79 Å². The molecule has 0 saturated carbocycles. The van der Waals surface area contributed by atoms with Gasteiger partial charge in [-0.2, -0.15) is 0 Å². The number of piperidine rings is 1. The van der Waals surface area contributed by atoms with E-state index >= 15 is 0 Å². The fraction of sp³-hybridized carbons (Fsp3) is 0.550. The highest BCUT2D eigenvalue weighted by Gasteiger charge is 2.29. The summed E-state index contributed by atoms with van der Waals surface area (Å²) in [4.78, 5) is 14.5. The number of carbonyl (C=O) groups is 1. The lowest BCUT2D eigenvalue weighted by Gasteiger charge is -2.32. The van der Waals surface area contributed by atoms with Crippen LogP contribution in [0.25, 0.3) is 6.08 Å². The van der Waals surface area contributed by atoms with Crippen LogP contribution < -0.4 is 5.32 Å². The Morgan fingerprint density at radius 1 is 1.17 bits per heavy atom. The number of nitrogens with one attached hydrogen (secondary N) is 1. The van der Waals surface area contributed by atoms with E-state index in [2.05, 4.69) is 54.4 Å². The van der Waals surface area contributed by atoms with Crippen molar-refractivity contribution >= 4 is 12.0 Å². The Hall–Kier alpha value is -1.61. The second-order valence-corrected chi connectivity index (χ2v) is 6.98. The van der Waals surface area contributed by atoms with Gasteiger partial charge in [-0.3, -0.25) is 4.79 Å². The van der Waals surface area contributed by atoms with E-state index in [0.29, 0.717) is 11.8 Å². The molecule has 23 heavy (non-hydrogen) atoms. The number of nitrogens with zero attached hydrogens (tertiary/aromatic N) is 1. The van der Waals surface area contributed by atoms with Gasteiger partial charge in [0.05, 0.1) is 6.04 Å². The van der Waals surface area contributed by atoms with E-state index in [0.717, 1.165) is 45.3 Å². The Morgan fingerprint density at radius 2 is 1.87 bits per heavy atom. The van der Waals surface area contributed by atoms with E-state index in [4.69, 9.17) is 0 Å². The third kappa shape index (κ3) is 3.84.